The normalized spacial score (nSPS) is 15.1. The summed E-state index contributed by atoms with van der Waals surface area (Å²) >= 11 is 0. The molecule has 2 heterocycles. The number of hydrogen-bond acceptors (Lipinski definition) is 6. The first-order chi connectivity index (χ1) is 18.6. The van der Waals surface area contributed by atoms with E-state index < -0.39 is 35.4 Å². The lowest BCUT2D eigenvalue weighted by molar-refractivity contribution is -0.0824. The summed E-state index contributed by atoms with van der Waals surface area (Å²) in [5, 5.41) is 13.5. The van der Waals surface area contributed by atoms with Gasteiger partial charge in [-0.1, -0.05) is 18.2 Å². The summed E-state index contributed by atoms with van der Waals surface area (Å²) in [5.41, 5.74) is -1.06. The van der Waals surface area contributed by atoms with Crippen molar-refractivity contribution in [2.24, 2.45) is 0 Å². The predicted molar refractivity (Wildman–Crippen MR) is 143 cm³/mol. The molecule has 0 spiro atoms. The minimum Gasteiger partial charge on any atom is -0.375 e. The molecule has 0 aliphatic heterocycles. The second-order valence-corrected chi connectivity index (χ2v) is 9.91. The summed E-state index contributed by atoms with van der Waals surface area (Å²) in [6, 6.07) is 7.05. The molecule has 206 valence electrons. The second kappa shape index (κ2) is 11.2. The molecule has 1 aromatic carbocycles. The number of nitriles is 1. The van der Waals surface area contributed by atoms with Gasteiger partial charge in [-0.25, -0.2) is 14.4 Å². The Morgan fingerprint density at radius 2 is 2.10 bits per heavy atom. The van der Waals surface area contributed by atoms with Gasteiger partial charge in [0.2, 0.25) is 0 Å². The van der Waals surface area contributed by atoms with E-state index in [0.717, 1.165) is 6.07 Å². The zero-order valence-corrected chi connectivity index (χ0v) is 22.4. The Morgan fingerprint density at radius 3 is 2.74 bits per heavy atom. The molecule has 0 saturated heterocycles. The lowest BCUT2D eigenvalue weighted by atomic mass is 9.97. The van der Waals surface area contributed by atoms with Crippen molar-refractivity contribution in [2.45, 2.75) is 70.4 Å². The van der Waals surface area contributed by atoms with Gasteiger partial charge in [0.1, 0.15) is 29.7 Å². The van der Waals surface area contributed by atoms with Crippen LogP contribution in [0.15, 0.2) is 41.7 Å². The number of hydrogen-bond donors (Lipinski definition) is 1. The van der Waals surface area contributed by atoms with E-state index in [1.54, 1.807) is 37.5 Å². The number of fused-ring (bicyclic) bond motifs is 1. The summed E-state index contributed by atoms with van der Waals surface area (Å²) in [6.45, 7) is 8.18. The van der Waals surface area contributed by atoms with Gasteiger partial charge in [0.05, 0.1) is 28.5 Å². The van der Waals surface area contributed by atoms with E-state index in [9.17, 15) is 18.8 Å². The molecule has 10 heteroatoms. The Balaban J connectivity index is 1.80. The summed E-state index contributed by atoms with van der Waals surface area (Å²) in [4.78, 5) is 22.6. The van der Waals surface area contributed by atoms with Crippen molar-refractivity contribution in [3.63, 3.8) is 0 Å². The first kappa shape index (κ1) is 28.3. The van der Waals surface area contributed by atoms with E-state index in [2.05, 4.69) is 27.9 Å². The highest BCUT2D eigenvalue weighted by atomic mass is 19.3. The summed E-state index contributed by atoms with van der Waals surface area (Å²) in [5.74, 6) is -3.83. The van der Waals surface area contributed by atoms with Crippen LogP contribution in [0.5, 0.6) is 0 Å². The zero-order valence-electron chi connectivity index (χ0n) is 22.4. The van der Waals surface area contributed by atoms with Crippen LogP contribution in [0, 0.1) is 24.1 Å². The fourth-order valence-corrected chi connectivity index (χ4v) is 4.73. The van der Waals surface area contributed by atoms with Crippen LogP contribution < -0.4 is 10.9 Å². The average Bonchev–Trinajstić information content (AvgIpc) is 3.70. The van der Waals surface area contributed by atoms with Crippen molar-refractivity contribution in [1.29, 1.82) is 5.26 Å². The van der Waals surface area contributed by atoms with Crippen molar-refractivity contribution < 1.29 is 17.9 Å². The molecule has 1 saturated carbocycles. The van der Waals surface area contributed by atoms with Gasteiger partial charge in [-0.2, -0.15) is 14.0 Å². The van der Waals surface area contributed by atoms with Crippen LogP contribution in [-0.4, -0.2) is 27.7 Å². The number of nitrogens with zero attached hydrogens (tertiary/aromatic N) is 4. The fraction of sp³-hybridized carbons (Fsp3) is 0.448. The lowest BCUT2D eigenvalue weighted by Gasteiger charge is -2.22. The molecule has 3 aromatic rings. The molecular weight excluding hydrogens is 507 g/mol. The van der Waals surface area contributed by atoms with E-state index in [4.69, 9.17) is 4.74 Å². The van der Waals surface area contributed by atoms with E-state index in [1.807, 2.05) is 0 Å². The monoisotopic (exact) mass is 539 g/mol. The van der Waals surface area contributed by atoms with Crippen LogP contribution in [0.1, 0.15) is 68.1 Å². The average molecular weight is 540 g/mol. The molecule has 0 unspecified atom stereocenters. The molecule has 1 N–H and O–H groups in total. The number of pyridine rings is 1. The van der Waals surface area contributed by atoms with Crippen molar-refractivity contribution in [3.05, 3.63) is 75.6 Å². The Hall–Kier alpha value is -3.71. The van der Waals surface area contributed by atoms with Gasteiger partial charge < -0.3 is 10.1 Å². The summed E-state index contributed by atoms with van der Waals surface area (Å²) in [7, 11) is 0. The third-order valence-corrected chi connectivity index (χ3v) is 7.06. The second-order valence-electron chi connectivity index (χ2n) is 9.91. The van der Waals surface area contributed by atoms with Gasteiger partial charge in [-0.05, 0) is 58.6 Å². The molecular formula is C29H32F3N5O2. The fourth-order valence-electron chi connectivity index (χ4n) is 4.73. The van der Waals surface area contributed by atoms with Gasteiger partial charge in [0.25, 0.3) is 11.5 Å². The Morgan fingerprint density at radius 1 is 1.36 bits per heavy atom. The molecule has 1 atom stereocenters. The molecule has 39 heavy (non-hydrogen) atoms. The van der Waals surface area contributed by atoms with Crippen LogP contribution in [-0.2, 0) is 22.6 Å². The highest BCUT2D eigenvalue weighted by molar-refractivity contribution is 5.88. The van der Waals surface area contributed by atoms with Gasteiger partial charge >= 0.3 is 0 Å². The number of nitrogens with one attached hydrogen (secondary N) is 1. The summed E-state index contributed by atoms with van der Waals surface area (Å²) in [6.07, 6.45) is 4.27. The third kappa shape index (κ3) is 5.55. The Labute approximate surface area is 225 Å². The molecule has 1 fully saturated rings. The van der Waals surface area contributed by atoms with Gasteiger partial charge in [0.15, 0.2) is 0 Å². The smallest absolute Gasteiger partial charge is 0.298 e. The van der Waals surface area contributed by atoms with Crippen molar-refractivity contribution in [3.8, 4) is 6.07 Å². The maximum atomic E-state index is 15.4. The predicted octanol–water partition coefficient (Wildman–Crippen LogP) is 6.06. The lowest BCUT2D eigenvalue weighted by Crippen LogP contribution is -2.29. The van der Waals surface area contributed by atoms with Crippen LogP contribution in [0.4, 0.5) is 19.0 Å². The third-order valence-electron chi connectivity index (χ3n) is 7.06. The molecule has 0 radical (unpaired) electrons. The molecule has 4 rings (SSSR count). The first-order valence-electron chi connectivity index (χ1n) is 13.0. The van der Waals surface area contributed by atoms with Crippen molar-refractivity contribution in [1.82, 2.24) is 14.5 Å². The maximum absolute atomic E-state index is 15.4. The standard InChI is InChI=1S/C29H32F3N5O2/c1-5-7-8-14-37-26-21(15-23(27(37)38)28(16-33)12-13-28)25(35-19(4)36-26)34-18(3)20-10-9-11-22(24(20)30)29(31,32)17-39-6-2/h5,9-11,15,18H,1,6-8,12-14,17H2,2-4H3,(H,34,35,36)/t18-/m1/s1. The highest BCUT2D eigenvalue weighted by Gasteiger charge is 2.47. The van der Waals surface area contributed by atoms with Gasteiger partial charge in [-0.3, -0.25) is 9.36 Å². The van der Waals surface area contributed by atoms with Crippen LogP contribution in [0.25, 0.3) is 11.0 Å². The number of unbranched alkanes of at least 4 members (excludes halogenated alkanes) is 1. The highest BCUT2D eigenvalue weighted by Crippen LogP contribution is 2.47. The van der Waals surface area contributed by atoms with Crippen LogP contribution in [0.2, 0.25) is 0 Å². The quantitative estimate of drug-likeness (QED) is 0.222. The number of allylic oxidation sites excluding steroid dienone is 1. The number of anilines is 1. The van der Waals surface area contributed by atoms with Crippen LogP contribution in [0.3, 0.4) is 0 Å². The number of aromatic nitrogens is 3. The molecule has 1 aliphatic carbocycles. The molecule has 1 aliphatic rings. The molecule has 0 bridgehead atoms. The Bertz CT molecular complexity index is 1490. The van der Waals surface area contributed by atoms with E-state index in [1.165, 1.54) is 12.1 Å². The molecule has 2 aromatic heterocycles. The minimum absolute atomic E-state index is 0.0308. The van der Waals surface area contributed by atoms with Crippen LogP contribution >= 0.6 is 0 Å². The van der Waals surface area contributed by atoms with Crippen molar-refractivity contribution in [2.75, 3.05) is 18.5 Å². The van der Waals surface area contributed by atoms with E-state index >= 15 is 4.39 Å². The first-order valence-corrected chi connectivity index (χ1v) is 13.0. The van der Waals surface area contributed by atoms with E-state index in [0.29, 0.717) is 60.5 Å². The number of ether oxygens (including phenoxy) is 1. The van der Waals surface area contributed by atoms with E-state index in [-0.39, 0.29) is 17.7 Å². The number of benzene rings is 1. The number of aryl methyl sites for hydroxylation is 2. The number of rotatable bonds is 12. The molecule has 0 amide bonds. The topological polar surface area (TPSA) is 92.8 Å². The largest absolute Gasteiger partial charge is 0.375 e. The number of alkyl halides is 2. The molecule has 7 nitrogen and oxygen atoms in total. The number of halogens is 3. The van der Waals surface area contributed by atoms with Crippen molar-refractivity contribution >= 4 is 16.9 Å². The Kier molecular flexibility index (Phi) is 8.12. The minimum atomic E-state index is -3.50. The zero-order chi connectivity index (χ0) is 28.4. The maximum Gasteiger partial charge on any atom is 0.298 e. The SMILES string of the molecule is C=CCCCn1c(=O)c(C2(C#N)CC2)cc2c(N[C@H](C)c3cccc(C(F)(F)COCC)c3F)nc(C)nc21. The van der Waals surface area contributed by atoms with Gasteiger partial charge in [0, 0.05) is 24.3 Å². The van der Waals surface area contributed by atoms with Gasteiger partial charge in [-0.15, -0.1) is 6.58 Å². The summed E-state index contributed by atoms with van der Waals surface area (Å²) < 4.78 is 51.2.